The van der Waals surface area contributed by atoms with Gasteiger partial charge in [0, 0.05) is 26.1 Å². The van der Waals surface area contributed by atoms with Gasteiger partial charge in [0.25, 0.3) is 6.43 Å². The van der Waals surface area contributed by atoms with Gasteiger partial charge in [-0.25, -0.2) is 8.78 Å². The number of alkyl halides is 2. The zero-order valence-corrected chi connectivity index (χ0v) is 11.2. The smallest absolute Gasteiger partial charge is 0.255 e. The van der Waals surface area contributed by atoms with Crippen LogP contribution >= 0.6 is 12.4 Å². The van der Waals surface area contributed by atoms with Gasteiger partial charge in [-0.1, -0.05) is 6.92 Å². The summed E-state index contributed by atoms with van der Waals surface area (Å²) in [5, 5.41) is 2.85. The molecule has 1 N–H and O–H groups in total. The van der Waals surface area contributed by atoms with Gasteiger partial charge in [-0.3, -0.25) is 4.79 Å². The van der Waals surface area contributed by atoms with Crippen molar-refractivity contribution in [2.75, 3.05) is 40.4 Å². The van der Waals surface area contributed by atoms with Gasteiger partial charge in [0.05, 0.1) is 13.2 Å². The highest BCUT2D eigenvalue weighted by atomic mass is 35.5. The Morgan fingerprint density at radius 2 is 2.06 bits per heavy atom. The van der Waals surface area contributed by atoms with Crippen LogP contribution in [-0.2, 0) is 9.53 Å². The molecule has 1 amide bonds. The minimum atomic E-state index is -2.51. The third kappa shape index (κ3) is 8.29. The quantitative estimate of drug-likeness (QED) is 0.718. The number of carbonyl (C=O) groups is 1. The van der Waals surface area contributed by atoms with Crippen LogP contribution in [0.1, 0.15) is 6.92 Å². The Balaban J connectivity index is 0. The van der Waals surface area contributed by atoms with Gasteiger partial charge in [0.1, 0.15) is 0 Å². The topological polar surface area (TPSA) is 41.6 Å². The summed E-state index contributed by atoms with van der Waals surface area (Å²) in [5.74, 6) is -0.577. The molecule has 0 spiro atoms. The molecule has 0 bridgehead atoms. The van der Waals surface area contributed by atoms with Gasteiger partial charge < -0.3 is 15.0 Å². The average Bonchev–Trinajstić information content (AvgIpc) is 2.23. The first kappa shape index (κ1) is 18.9. The first-order valence-electron chi connectivity index (χ1n) is 5.23. The molecule has 104 valence electrons. The van der Waals surface area contributed by atoms with Crippen LogP contribution in [0, 0.1) is 5.92 Å². The lowest BCUT2D eigenvalue weighted by molar-refractivity contribution is -0.137. The maximum absolute atomic E-state index is 12.3. The average molecular weight is 275 g/mol. The number of nitrogens with zero attached hydrogens (tertiary/aromatic N) is 1. The Morgan fingerprint density at radius 1 is 1.47 bits per heavy atom. The van der Waals surface area contributed by atoms with Crippen molar-refractivity contribution in [1.29, 1.82) is 0 Å². The van der Waals surface area contributed by atoms with E-state index >= 15 is 0 Å². The predicted molar refractivity (Wildman–Crippen MR) is 64.8 cm³/mol. The normalized spacial score (nSPS) is 12.1. The fourth-order valence-electron chi connectivity index (χ4n) is 1.36. The summed E-state index contributed by atoms with van der Waals surface area (Å²) in [4.78, 5) is 12.9. The van der Waals surface area contributed by atoms with Crippen molar-refractivity contribution in [3.63, 3.8) is 0 Å². The number of amides is 1. The highest BCUT2D eigenvalue weighted by Crippen LogP contribution is 2.05. The lowest BCUT2D eigenvalue weighted by Gasteiger charge is -2.25. The van der Waals surface area contributed by atoms with Crippen LogP contribution in [0.15, 0.2) is 0 Å². The molecule has 0 aliphatic carbocycles. The number of carbonyl (C=O) groups excluding carboxylic acids is 1. The van der Waals surface area contributed by atoms with E-state index in [9.17, 15) is 13.6 Å². The Hall–Kier alpha value is -0.460. The minimum Gasteiger partial charge on any atom is -0.383 e. The first-order valence-corrected chi connectivity index (χ1v) is 5.23. The summed E-state index contributed by atoms with van der Waals surface area (Å²) < 4.78 is 29.3. The second kappa shape index (κ2) is 10.7. The van der Waals surface area contributed by atoms with E-state index in [1.165, 1.54) is 7.11 Å². The second-order valence-electron chi connectivity index (χ2n) is 3.63. The van der Waals surface area contributed by atoms with Crippen molar-refractivity contribution in [3.05, 3.63) is 0 Å². The highest BCUT2D eigenvalue weighted by molar-refractivity contribution is 5.85. The van der Waals surface area contributed by atoms with Crippen LogP contribution in [-0.4, -0.2) is 57.6 Å². The second-order valence-corrected chi connectivity index (χ2v) is 3.63. The maximum atomic E-state index is 12.3. The van der Waals surface area contributed by atoms with Crippen LogP contribution in [0.5, 0.6) is 0 Å². The molecule has 7 heteroatoms. The molecule has 0 rings (SSSR count). The standard InChI is InChI=1S/C10H20F2N2O2.ClH/c1-8(6-13-2)10(15)14(4-5-16-3)7-9(11)12;/h8-9,13H,4-7H2,1-3H3;1H. The summed E-state index contributed by atoms with van der Waals surface area (Å²) in [6.45, 7) is 2.13. The summed E-state index contributed by atoms with van der Waals surface area (Å²) in [5.41, 5.74) is 0. The Labute approximate surface area is 107 Å². The van der Waals surface area contributed by atoms with Crippen LogP contribution in [0.2, 0.25) is 0 Å². The van der Waals surface area contributed by atoms with Crippen molar-refractivity contribution in [3.8, 4) is 0 Å². The van der Waals surface area contributed by atoms with Crippen LogP contribution < -0.4 is 5.32 Å². The molecular weight excluding hydrogens is 254 g/mol. The summed E-state index contributed by atoms with van der Waals surface area (Å²) in [6, 6.07) is 0. The van der Waals surface area contributed by atoms with Gasteiger partial charge >= 0.3 is 0 Å². The van der Waals surface area contributed by atoms with E-state index in [-0.39, 0.29) is 37.4 Å². The third-order valence-electron chi connectivity index (χ3n) is 2.17. The fraction of sp³-hybridized carbons (Fsp3) is 0.900. The van der Waals surface area contributed by atoms with Gasteiger partial charge in [0.2, 0.25) is 5.91 Å². The summed E-state index contributed by atoms with van der Waals surface area (Å²) in [6.07, 6.45) is -2.51. The molecule has 0 aromatic heterocycles. The molecule has 0 heterocycles. The van der Waals surface area contributed by atoms with Crippen LogP contribution in [0.25, 0.3) is 0 Å². The molecule has 1 unspecified atom stereocenters. The molecular formula is C10H21ClF2N2O2. The Morgan fingerprint density at radius 3 is 2.47 bits per heavy atom. The van der Waals surface area contributed by atoms with Gasteiger partial charge in [0.15, 0.2) is 0 Å². The number of ether oxygens (including phenoxy) is 1. The zero-order valence-electron chi connectivity index (χ0n) is 10.4. The lowest BCUT2D eigenvalue weighted by atomic mass is 10.1. The number of methoxy groups -OCH3 is 1. The van der Waals surface area contributed by atoms with Crippen molar-refractivity contribution < 1.29 is 18.3 Å². The largest absolute Gasteiger partial charge is 0.383 e. The number of hydrogen-bond acceptors (Lipinski definition) is 3. The lowest BCUT2D eigenvalue weighted by Crippen LogP contribution is -2.42. The zero-order chi connectivity index (χ0) is 12.6. The molecule has 0 aliphatic heterocycles. The van der Waals surface area contributed by atoms with Crippen LogP contribution in [0.3, 0.4) is 0 Å². The van der Waals surface area contributed by atoms with Gasteiger partial charge in [-0.05, 0) is 7.05 Å². The first-order chi connectivity index (χ1) is 7.52. The number of hydrogen-bond donors (Lipinski definition) is 1. The molecule has 0 fully saturated rings. The van der Waals surface area contributed by atoms with E-state index < -0.39 is 13.0 Å². The Kier molecular flexibility index (Phi) is 11.9. The highest BCUT2D eigenvalue weighted by Gasteiger charge is 2.22. The van der Waals surface area contributed by atoms with E-state index in [4.69, 9.17) is 4.74 Å². The van der Waals surface area contributed by atoms with E-state index in [2.05, 4.69) is 5.32 Å². The minimum absolute atomic E-state index is 0. The molecule has 0 saturated heterocycles. The number of nitrogens with one attached hydrogen (secondary N) is 1. The monoisotopic (exact) mass is 274 g/mol. The van der Waals surface area contributed by atoms with Gasteiger partial charge in [-0.2, -0.15) is 0 Å². The number of rotatable bonds is 8. The van der Waals surface area contributed by atoms with Gasteiger partial charge in [-0.15, -0.1) is 12.4 Å². The molecule has 17 heavy (non-hydrogen) atoms. The van der Waals surface area contributed by atoms with E-state index in [1.54, 1.807) is 14.0 Å². The summed E-state index contributed by atoms with van der Waals surface area (Å²) >= 11 is 0. The predicted octanol–water partition coefficient (Wildman–Crippen LogP) is 1.00. The molecule has 4 nitrogen and oxygen atoms in total. The van der Waals surface area contributed by atoms with Crippen LogP contribution in [0.4, 0.5) is 8.78 Å². The van der Waals surface area contributed by atoms with Crippen molar-refractivity contribution in [2.45, 2.75) is 13.3 Å². The van der Waals surface area contributed by atoms with E-state index in [0.29, 0.717) is 6.54 Å². The third-order valence-corrected chi connectivity index (χ3v) is 2.17. The van der Waals surface area contributed by atoms with Crippen molar-refractivity contribution in [2.24, 2.45) is 5.92 Å². The SMILES string of the molecule is CNCC(C)C(=O)N(CCOC)CC(F)F.Cl. The molecule has 0 aliphatic rings. The molecule has 0 aromatic carbocycles. The van der Waals surface area contributed by atoms with Crippen molar-refractivity contribution in [1.82, 2.24) is 10.2 Å². The molecule has 0 saturated carbocycles. The summed E-state index contributed by atoms with van der Waals surface area (Å²) in [7, 11) is 3.19. The number of halogens is 3. The maximum Gasteiger partial charge on any atom is 0.255 e. The molecule has 0 aromatic rings. The van der Waals surface area contributed by atoms with E-state index in [0.717, 1.165) is 4.90 Å². The fourth-order valence-corrected chi connectivity index (χ4v) is 1.36. The Bertz CT molecular complexity index is 209. The van der Waals surface area contributed by atoms with E-state index in [1.807, 2.05) is 0 Å². The molecule has 0 radical (unpaired) electrons. The molecule has 1 atom stereocenters. The van der Waals surface area contributed by atoms with Crippen molar-refractivity contribution >= 4 is 18.3 Å².